The predicted octanol–water partition coefficient (Wildman–Crippen LogP) is 1.59. The van der Waals surface area contributed by atoms with Crippen molar-refractivity contribution in [3.63, 3.8) is 0 Å². The average molecular weight is 399 g/mol. The van der Waals surface area contributed by atoms with Crippen LogP contribution in [-0.2, 0) is 30.5 Å². The fourth-order valence-electron chi connectivity index (χ4n) is 3.86. The van der Waals surface area contributed by atoms with E-state index in [4.69, 9.17) is 0 Å². The maximum absolute atomic E-state index is 13.0. The van der Waals surface area contributed by atoms with Crippen molar-refractivity contribution in [3.05, 3.63) is 74.3 Å². The third-order valence-electron chi connectivity index (χ3n) is 5.44. The number of nitrogens with zero attached hydrogens (tertiary/aromatic N) is 2. The Bertz CT molecular complexity index is 1310. The minimum Gasteiger partial charge on any atom is -0.305 e. The van der Waals surface area contributed by atoms with Gasteiger partial charge in [0.05, 0.1) is 15.9 Å². The monoisotopic (exact) mass is 399 g/mol. The SMILES string of the molecule is Cn1c(=O)c(=O)n(C)c2cc(S(=O)(=O)N[C@H]3CCCc4ccccc43)ccc21. The van der Waals surface area contributed by atoms with Crippen molar-refractivity contribution < 1.29 is 8.42 Å². The van der Waals surface area contributed by atoms with E-state index >= 15 is 0 Å². The van der Waals surface area contributed by atoms with E-state index in [-0.39, 0.29) is 10.9 Å². The van der Waals surface area contributed by atoms with E-state index in [1.54, 1.807) is 6.07 Å². The number of fused-ring (bicyclic) bond motifs is 2. The maximum atomic E-state index is 13.0. The molecule has 1 aliphatic rings. The van der Waals surface area contributed by atoms with Gasteiger partial charge in [-0.1, -0.05) is 24.3 Å². The second-order valence-corrected chi connectivity index (χ2v) is 8.86. The van der Waals surface area contributed by atoms with Gasteiger partial charge in [-0.25, -0.2) is 13.1 Å². The summed E-state index contributed by atoms with van der Waals surface area (Å²) in [5.41, 5.74) is 1.71. The van der Waals surface area contributed by atoms with Crippen LogP contribution in [0.3, 0.4) is 0 Å². The van der Waals surface area contributed by atoms with Gasteiger partial charge in [-0.05, 0) is 48.6 Å². The molecule has 8 heteroatoms. The van der Waals surface area contributed by atoms with Crippen LogP contribution in [-0.4, -0.2) is 17.6 Å². The van der Waals surface area contributed by atoms with Gasteiger partial charge in [0, 0.05) is 20.1 Å². The number of hydrogen-bond acceptors (Lipinski definition) is 4. The highest BCUT2D eigenvalue weighted by Crippen LogP contribution is 2.31. The van der Waals surface area contributed by atoms with Crippen molar-refractivity contribution in [1.82, 2.24) is 13.9 Å². The Hall–Kier alpha value is -2.71. The van der Waals surface area contributed by atoms with E-state index < -0.39 is 21.1 Å². The van der Waals surface area contributed by atoms with Gasteiger partial charge in [-0.2, -0.15) is 0 Å². The average Bonchev–Trinajstić information content (AvgIpc) is 2.70. The minimum absolute atomic E-state index is 0.0664. The summed E-state index contributed by atoms with van der Waals surface area (Å²) in [4.78, 5) is 24.1. The molecule has 0 bridgehead atoms. The van der Waals surface area contributed by atoms with Crippen molar-refractivity contribution in [1.29, 1.82) is 0 Å². The molecule has 0 fully saturated rings. The van der Waals surface area contributed by atoms with Crippen molar-refractivity contribution in [2.24, 2.45) is 14.1 Å². The molecule has 0 saturated heterocycles. The molecule has 3 aromatic rings. The van der Waals surface area contributed by atoms with Gasteiger partial charge in [0.25, 0.3) is 0 Å². The molecule has 28 heavy (non-hydrogen) atoms. The van der Waals surface area contributed by atoms with Gasteiger partial charge in [0.2, 0.25) is 10.0 Å². The molecular weight excluding hydrogens is 378 g/mol. The van der Waals surface area contributed by atoms with Gasteiger partial charge in [0.1, 0.15) is 0 Å². The van der Waals surface area contributed by atoms with E-state index in [9.17, 15) is 18.0 Å². The fourth-order valence-corrected chi connectivity index (χ4v) is 5.13. The smallest absolute Gasteiger partial charge is 0.305 e. The van der Waals surface area contributed by atoms with E-state index in [1.807, 2.05) is 24.3 Å². The molecule has 0 unspecified atom stereocenters. The Morgan fingerprint density at radius 2 is 1.64 bits per heavy atom. The third kappa shape index (κ3) is 2.98. The van der Waals surface area contributed by atoms with Crippen LogP contribution in [0.25, 0.3) is 11.0 Å². The predicted molar refractivity (Wildman–Crippen MR) is 107 cm³/mol. The molecule has 2 aromatic carbocycles. The minimum atomic E-state index is -3.80. The van der Waals surface area contributed by atoms with Gasteiger partial charge >= 0.3 is 11.1 Å². The molecule has 1 aliphatic carbocycles. The molecular formula is C20H21N3O4S. The number of benzene rings is 2. The lowest BCUT2D eigenvalue weighted by Crippen LogP contribution is -2.39. The second-order valence-electron chi connectivity index (χ2n) is 7.14. The molecule has 146 valence electrons. The molecule has 1 N–H and O–H groups in total. The molecule has 1 aromatic heterocycles. The lowest BCUT2D eigenvalue weighted by Gasteiger charge is -2.26. The second kappa shape index (κ2) is 6.72. The summed E-state index contributed by atoms with van der Waals surface area (Å²) < 4.78 is 31.3. The molecule has 0 spiro atoms. The summed E-state index contributed by atoms with van der Waals surface area (Å²) in [6.45, 7) is 0. The molecule has 1 atom stereocenters. The van der Waals surface area contributed by atoms with Gasteiger partial charge in [-0.15, -0.1) is 0 Å². The van der Waals surface area contributed by atoms with Crippen molar-refractivity contribution in [3.8, 4) is 0 Å². The summed E-state index contributed by atoms with van der Waals surface area (Å²) in [5.74, 6) is 0. The van der Waals surface area contributed by atoms with Crippen LogP contribution in [0.4, 0.5) is 0 Å². The maximum Gasteiger partial charge on any atom is 0.316 e. The largest absolute Gasteiger partial charge is 0.316 e. The summed E-state index contributed by atoms with van der Waals surface area (Å²) in [7, 11) is -0.836. The Kier molecular flexibility index (Phi) is 4.47. The zero-order valence-electron chi connectivity index (χ0n) is 15.7. The first kappa shape index (κ1) is 18.6. The van der Waals surface area contributed by atoms with E-state index in [2.05, 4.69) is 4.72 Å². The van der Waals surface area contributed by atoms with Crippen LogP contribution in [0.2, 0.25) is 0 Å². The quantitative estimate of drug-likeness (QED) is 0.678. The highest BCUT2D eigenvalue weighted by molar-refractivity contribution is 7.89. The van der Waals surface area contributed by atoms with Gasteiger partial charge in [0.15, 0.2) is 0 Å². The first-order valence-corrected chi connectivity index (χ1v) is 10.6. The Morgan fingerprint density at radius 3 is 2.39 bits per heavy atom. The number of nitrogens with one attached hydrogen (secondary N) is 1. The Labute approximate surface area is 162 Å². The van der Waals surface area contributed by atoms with Crippen molar-refractivity contribution >= 4 is 21.1 Å². The van der Waals surface area contributed by atoms with Crippen molar-refractivity contribution in [2.45, 2.75) is 30.2 Å². The van der Waals surface area contributed by atoms with E-state index in [0.29, 0.717) is 11.0 Å². The molecule has 0 saturated carbocycles. The van der Waals surface area contributed by atoms with Crippen LogP contribution in [0, 0.1) is 0 Å². The normalized spacial score (nSPS) is 16.9. The van der Waals surface area contributed by atoms with Crippen molar-refractivity contribution in [2.75, 3.05) is 0 Å². The lowest BCUT2D eigenvalue weighted by molar-refractivity contribution is 0.507. The first-order valence-electron chi connectivity index (χ1n) is 9.09. The number of sulfonamides is 1. The van der Waals surface area contributed by atoms with Gasteiger partial charge in [-0.3, -0.25) is 9.59 Å². The summed E-state index contributed by atoms with van der Waals surface area (Å²) in [6, 6.07) is 12.0. The third-order valence-corrected chi connectivity index (χ3v) is 6.91. The number of hydrogen-bond donors (Lipinski definition) is 1. The van der Waals surface area contributed by atoms with E-state index in [1.165, 1.54) is 35.4 Å². The fraction of sp³-hybridized carbons (Fsp3) is 0.300. The molecule has 7 nitrogen and oxygen atoms in total. The first-order chi connectivity index (χ1) is 13.3. The van der Waals surface area contributed by atoms with Crippen LogP contribution < -0.4 is 15.8 Å². The molecule has 0 amide bonds. The molecule has 0 aliphatic heterocycles. The Balaban J connectivity index is 1.78. The number of aryl methyl sites for hydroxylation is 3. The topological polar surface area (TPSA) is 90.2 Å². The number of rotatable bonds is 3. The zero-order valence-corrected chi connectivity index (χ0v) is 16.5. The molecule has 1 heterocycles. The molecule has 0 radical (unpaired) electrons. The Morgan fingerprint density at radius 1 is 0.964 bits per heavy atom. The van der Waals surface area contributed by atoms with Gasteiger partial charge < -0.3 is 9.13 Å². The van der Waals surface area contributed by atoms with Crippen LogP contribution in [0.15, 0.2) is 56.9 Å². The van der Waals surface area contributed by atoms with Crippen LogP contribution in [0.1, 0.15) is 30.0 Å². The van der Waals surface area contributed by atoms with Crippen LogP contribution in [0.5, 0.6) is 0 Å². The number of aromatic nitrogens is 2. The molecule has 4 rings (SSSR count). The van der Waals surface area contributed by atoms with Crippen LogP contribution >= 0.6 is 0 Å². The summed E-state index contributed by atoms with van der Waals surface area (Å²) in [6.07, 6.45) is 2.59. The lowest BCUT2D eigenvalue weighted by atomic mass is 9.88. The van der Waals surface area contributed by atoms with E-state index in [0.717, 1.165) is 30.4 Å². The zero-order chi connectivity index (χ0) is 20.1. The highest BCUT2D eigenvalue weighted by atomic mass is 32.2. The summed E-state index contributed by atoms with van der Waals surface area (Å²) in [5, 5.41) is 0. The summed E-state index contributed by atoms with van der Waals surface area (Å²) >= 11 is 0. The highest BCUT2D eigenvalue weighted by Gasteiger charge is 2.26. The standard InChI is InChI=1S/C20H21N3O4S/c1-22-17-11-10-14(12-18(17)23(2)20(25)19(22)24)28(26,27)21-16-9-5-7-13-6-3-4-8-15(13)16/h3-4,6,8,10-12,16,21H,5,7,9H2,1-2H3/t16-/m0/s1.